The van der Waals surface area contributed by atoms with Gasteiger partial charge in [-0.3, -0.25) is 9.48 Å². The van der Waals surface area contributed by atoms with Gasteiger partial charge in [0.15, 0.2) is 0 Å². The highest BCUT2D eigenvalue weighted by molar-refractivity contribution is 5.87. The molecule has 2 rings (SSSR count). The molecule has 2 aromatic rings. The molecule has 0 saturated heterocycles. The van der Waals surface area contributed by atoms with Crippen LogP contribution in [0.4, 0.5) is 10.5 Å². The molecule has 0 bridgehead atoms. The van der Waals surface area contributed by atoms with Gasteiger partial charge in [0.05, 0.1) is 12.2 Å². The maximum atomic E-state index is 12.0. The van der Waals surface area contributed by atoms with Crippen molar-refractivity contribution in [3.05, 3.63) is 47.8 Å². The summed E-state index contributed by atoms with van der Waals surface area (Å²) in [5.74, 6) is -0.0370. The van der Waals surface area contributed by atoms with Crippen LogP contribution in [0.15, 0.2) is 36.7 Å². The number of rotatable bonds is 6. The van der Waals surface area contributed by atoms with E-state index in [1.54, 1.807) is 23.0 Å². The van der Waals surface area contributed by atoms with Crippen LogP contribution >= 0.6 is 0 Å². The SMILES string of the molecule is Cc1cnn(CCC(=O)NC(C)c2ccc(NC(N)=O)cc2)c1. The normalized spacial score (nSPS) is 11.7. The molecule has 1 unspecified atom stereocenters. The van der Waals surface area contributed by atoms with Crippen molar-refractivity contribution in [1.82, 2.24) is 15.1 Å². The molecule has 122 valence electrons. The lowest BCUT2D eigenvalue weighted by Gasteiger charge is -2.15. The topological polar surface area (TPSA) is 102 Å². The molecule has 23 heavy (non-hydrogen) atoms. The fourth-order valence-corrected chi connectivity index (χ4v) is 2.20. The van der Waals surface area contributed by atoms with E-state index < -0.39 is 6.03 Å². The lowest BCUT2D eigenvalue weighted by molar-refractivity contribution is -0.122. The molecule has 0 fully saturated rings. The number of hydrogen-bond acceptors (Lipinski definition) is 3. The number of benzene rings is 1. The predicted molar refractivity (Wildman–Crippen MR) is 87.8 cm³/mol. The molecule has 0 aliphatic carbocycles. The van der Waals surface area contributed by atoms with Crippen LogP contribution in [0.3, 0.4) is 0 Å². The van der Waals surface area contributed by atoms with Crippen LogP contribution in [0.2, 0.25) is 0 Å². The predicted octanol–water partition coefficient (Wildman–Crippen LogP) is 1.95. The first kappa shape index (κ1) is 16.5. The highest BCUT2D eigenvalue weighted by atomic mass is 16.2. The van der Waals surface area contributed by atoms with Crippen molar-refractivity contribution in [2.75, 3.05) is 5.32 Å². The molecule has 1 aromatic heterocycles. The standard InChI is InChI=1S/C16H21N5O2/c1-11-9-18-21(10-11)8-7-15(22)19-12(2)13-3-5-14(6-4-13)20-16(17)23/h3-6,9-10,12H,7-8H2,1-2H3,(H,19,22)(H3,17,20,23). The lowest BCUT2D eigenvalue weighted by atomic mass is 10.1. The van der Waals surface area contributed by atoms with Gasteiger partial charge in [-0.25, -0.2) is 4.79 Å². The van der Waals surface area contributed by atoms with E-state index in [1.165, 1.54) is 0 Å². The molecule has 7 heteroatoms. The number of urea groups is 1. The summed E-state index contributed by atoms with van der Waals surface area (Å²) < 4.78 is 1.75. The molecule has 0 radical (unpaired) electrons. The molecule has 0 saturated carbocycles. The Morgan fingerprint density at radius 3 is 2.57 bits per heavy atom. The summed E-state index contributed by atoms with van der Waals surface area (Å²) in [6.07, 6.45) is 4.04. The Morgan fingerprint density at radius 1 is 1.30 bits per heavy atom. The molecule has 0 spiro atoms. The van der Waals surface area contributed by atoms with Gasteiger partial charge >= 0.3 is 6.03 Å². The zero-order chi connectivity index (χ0) is 16.8. The summed E-state index contributed by atoms with van der Waals surface area (Å²) in [6, 6.07) is 6.45. The third-order valence-electron chi connectivity index (χ3n) is 3.39. The first-order chi connectivity index (χ1) is 10.9. The number of amides is 3. The first-order valence-electron chi connectivity index (χ1n) is 7.39. The van der Waals surface area contributed by atoms with Gasteiger partial charge in [-0.1, -0.05) is 12.1 Å². The Morgan fingerprint density at radius 2 is 2.00 bits per heavy atom. The Bertz CT molecular complexity index is 678. The first-order valence-corrected chi connectivity index (χ1v) is 7.39. The number of aromatic nitrogens is 2. The van der Waals surface area contributed by atoms with Gasteiger partial charge < -0.3 is 16.4 Å². The van der Waals surface area contributed by atoms with Crippen molar-refractivity contribution >= 4 is 17.6 Å². The molecular weight excluding hydrogens is 294 g/mol. The van der Waals surface area contributed by atoms with Gasteiger partial charge in [0.25, 0.3) is 0 Å². The second-order valence-electron chi connectivity index (χ2n) is 5.43. The fourth-order valence-electron chi connectivity index (χ4n) is 2.20. The zero-order valence-corrected chi connectivity index (χ0v) is 13.2. The van der Waals surface area contributed by atoms with E-state index in [-0.39, 0.29) is 11.9 Å². The number of carbonyl (C=O) groups excluding carboxylic acids is 2. The Hall–Kier alpha value is -2.83. The van der Waals surface area contributed by atoms with Crippen LogP contribution in [-0.2, 0) is 11.3 Å². The number of nitrogens with two attached hydrogens (primary N) is 1. The lowest BCUT2D eigenvalue weighted by Crippen LogP contribution is -2.27. The van der Waals surface area contributed by atoms with Gasteiger partial charge in [0.1, 0.15) is 0 Å². The van der Waals surface area contributed by atoms with Crippen molar-refractivity contribution in [3.63, 3.8) is 0 Å². The molecule has 1 aromatic carbocycles. The number of aryl methyl sites for hydroxylation is 2. The monoisotopic (exact) mass is 315 g/mol. The van der Waals surface area contributed by atoms with Crippen LogP contribution in [0.1, 0.15) is 30.5 Å². The minimum Gasteiger partial charge on any atom is -0.351 e. The van der Waals surface area contributed by atoms with Crippen LogP contribution in [0, 0.1) is 6.92 Å². The van der Waals surface area contributed by atoms with Gasteiger partial charge in [-0.15, -0.1) is 0 Å². The highest BCUT2D eigenvalue weighted by Gasteiger charge is 2.10. The minimum absolute atomic E-state index is 0.0370. The van der Waals surface area contributed by atoms with E-state index in [0.717, 1.165) is 11.1 Å². The largest absolute Gasteiger partial charge is 0.351 e. The van der Waals surface area contributed by atoms with E-state index in [2.05, 4.69) is 15.7 Å². The maximum absolute atomic E-state index is 12.0. The third-order valence-corrected chi connectivity index (χ3v) is 3.39. The van der Waals surface area contributed by atoms with Gasteiger partial charge in [-0.2, -0.15) is 5.10 Å². The van der Waals surface area contributed by atoms with Gasteiger partial charge in [0.2, 0.25) is 5.91 Å². The van der Waals surface area contributed by atoms with Crippen molar-refractivity contribution < 1.29 is 9.59 Å². The molecule has 1 heterocycles. The molecule has 0 aliphatic rings. The van der Waals surface area contributed by atoms with Crippen LogP contribution in [0.25, 0.3) is 0 Å². The summed E-state index contributed by atoms with van der Waals surface area (Å²) in [7, 11) is 0. The zero-order valence-electron chi connectivity index (χ0n) is 13.2. The average molecular weight is 315 g/mol. The molecule has 7 nitrogen and oxygen atoms in total. The number of nitrogens with zero attached hydrogens (tertiary/aromatic N) is 2. The van der Waals surface area contributed by atoms with Gasteiger partial charge in [0, 0.05) is 24.8 Å². The Kier molecular flexibility index (Phi) is 5.35. The second-order valence-corrected chi connectivity index (χ2v) is 5.43. The van der Waals surface area contributed by atoms with Gasteiger partial charge in [-0.05, 0) is 37.1 Å². The summed E-state index contributed by atoms with van der Waals surface area (Å²) in [5.41, 5.74) is 7.70. The van der Waals surface area contributed by atoms with Crippen LogP contribution in [-0.4, -0.2) is 21.7 Å². The van der Waals surface area contributed by atoms with Crippen molar-refractivity contribution in [2.24, 2.45) is 5.73 Å². The number of primary amides is 1. The number of anilines is 1. The van der Waals surface area contributed by atoms with E-state index >= 15 is 0 Å². The van der Waals surface area contributed by atoms with E-state index in [4.69, 9.17) is 5.73 Å². The van der Waals surface area contributed by atoms with Crippen molar-refractivity contribution in [2.45, 2.75) is 32.9 Å². The van der Waals surface area contributed by atoms with E-state index in [1.807, 2.05) is 32.2 Å². The second kappa shape index (κ2) is 7.44. The maximum Gasteiger partial charge on any atom is 0.316 e. The third kappa shape index (κ3) is 5.14. The fraction of sp³-hybridized carbons (Fsp3) is 0.312. The molecule has 4 N–H and O–H groups in total. The molecular formula is C16H21N5O2. The van der Waals surface area contributed by atoms with Crippen molar-refractivity contribution in [3.8, 4) is 0 Å². The minimum atomic E-state index is -0.604. The van der Waals surface area contributed by atoms with Crippen LogP contribution in [0.5, 0.6) is 0 Å². The average Bonchev–Trinajstić information content (AvgIpc) is 2.91. The van der Waals surface area contributed by atoms with E-state index in [0.29, 0.717) is 18.7 Å². The Balaban J connectivity index is 1.84. The summed E-state index contributed by atoms with van der Waals surface area (Å²) in [5, 5.41) is 9.59. The van der Waals surface area contributed by atoms with Crippen LogP contribution < -0.4 is 16.4 Å². The summed E-state index contributed by atoms with van der Waals surface area (Å²) in [6.45, 7) is 4.42. The molecule has 3 amide bonds. The Labute approximate surface area is 134 Å². The molecule has 1 atom stereocenters. The number of nitrogens with one attached hydrogen (secondary N) is 2. The summed E-state index contributed by atoms with van der Waals surface area (Å²) in [4.78, 5) is 22.8. The number of hydrogen-bond donors (Lipinski definition) is 3. The van der Waals surface area contributed by atoms with E-state index in [9.17, 15) is 9.59 Å². The highest BCUT2D eigenvalue weighted by Crippen LogP contribution is 2.16. The molecule has 0 aliphatic heterocycles. The smallest absolute Gasteiger partial charge is 0.316 e. The number of carbonyl (C=O) groups is 2. The van der Waals surface area contributed by atoms with Crippen molar-refractivity contribution in [1.29, 1.82) is 0 Å². The summed E-state index contributed by atoms with van der Waals surface area (Å²) >= 11 is 0. The quantitative estimate of drug-likeness (QED) is 0.759.